The van der Waals surface area contributed by atoms with Crippen molar-refractivity contribution in [2.75, 3.05) is 0 Å². The third-order valence-electron chi connectivity index (χ3n) is 5.83. The van der Waals surface area contributed by atoms with Gasteiger partial charge in [0, 0.05) is 6.42 Å². The first-order chi connectivity index (χ1) is 12.7. The molecule has 0 atom stereocenters. The minimum Gasteiger partial charge on any atom is -0.400 e. The van der Waals surface area contributed by atoms with Gasteiger partial charge in [0.25, 0.3) is 0 Å². The zero-order chi connectivity index (χ0) is 21.3. The third-order valence-corrected chi connectivity index (χ3v) is 5.83. The Morgan fingerprint density at radius 3 is 1.89 bits per heavy atom. The van der Waals surface area contributed by atoms with Crippen LogP contribution in [0, 0.1) is 13.8 Å². The standard InChI is InChI=1S/C22H32BF3O2/c1-15-12-16(2)14-18(13-15)17(3)19(10-8-9-11-22(24,25)26)23-27-20(4,5)21(6,7)28-23/h12-14H,8-11H2,1-7H3/b19-17-. The van der Waals surface area contributed by atoms with Gasteiger partial charge < -0.3 is 9.31 Å². The van der Waals surface area contributed by atoms with E-state index in [1.54, 1.807) is 0 Å². The van der Waals surface area contributed by atoms with Crippen LogP contribution in [0.5, 0.6) is 0 Å². The fourth-order valence-electron chi connectivity index (χ4n) is 3.48. The van der Waals surface area contributed by atoms with Crippen molar-refractivity contribution in [3.63, 3.8) is 0 Å². The largest absolute Gasteiger partial charge is 0.490 e. The predicted octanol–water partition coefficient (Wildman–Crippen LogP) is 6.83. The summed E-state index contributed by atoms with van der Waals surface area (Å²) >= 11 is 0. The Labute approximate surface area is 167 Å². The van der Waals surface area contributed by atoms with Crippen LogP contribution in [0.1, 0.15) is 77.0 Å². The molecule has 156 valence electrons. The highest BCUT2D eigenvalue weighted by Crippen LogP contribution is 2.41. The van der Waals surface area contributed by atoms with E-state index in [0.717, 1.165) is 27.7 Å². The summed E-state index contributed by atoms with van der Waals surface area (Å²) in [5, 5.41) is 0. The first kappa shape index (κ1) is 23.0. The van der Waals surface area contributed by atoms with Crippen molar-refractivity contribution in [2.45, 2.75) is 91.5 Å². The monoisotopic (exact) mass is 396 g/mol. The van der Waals surface area contributed by atoms with E-state index in [1.165, 1.54) is 0 Å². The maximum atomic E-state index is 12.5. The second-order valence-corrected chi connectivity index (χ2v) is 8.94. The Hall–Kier alpha value is -1.27. The summed E-state index contributed by atoms with van der Waals surface area (Å²) in [6.45, 7) is 14.0. The molecule has 0 N–H and O–H groups in total. The molecule has 0 aromatic heterocycles. The Morgan fingerprint density at radius 2 is 1.43 bits per heavy atom. The van der Waals surface area contributed by atoms with Crippen LogP contribution in [0.15, 0.2) is 23.7 Å². The van der Waals surface area contributed by atoms with Gasteiger partial charge in [-0.15, -0.1) is 0 Å². The SMILES string of the molecule is C/C(=C(\CCCCC(F)(F)F)B1OC(C)(C)C(C)(C)O1)c1cc(C)cc(C)c1. The van der Waals surface area contributed by atoms with Crippen molar-refractivity contribution < 1.29 is 22.5 Å². The summed E-state index contributed by atoms with van der Waals surface area (Å²) in [6, 6.07) is 6.31. The molecule has 0 unspecified atom stereocenters. The zero-order valence-corrected chi connectivity index (χ0v) is 18.1. The van der Waals surface area contributed by atoms with Crippen LogP contribution in [0.3, 0.4) is 0 Å². The number of alkyl halides is 3. The molecule has 0 spiro atoms. The Kier molecular flexibility index (Phi) is 6.77. The Morgan fingerprint density at radius 1 is 0.929 bits per heavy atom. The highest BCUT2D eigenvalue weighted by atomic mass is 19.4. The summed E-state index contributed by atoms with van der Waals surface area (Å²) in [4.78, 5) is 0. The lowest BCUT2D eigenvalue weighted by Crippen LogP contribution is -2.41. The van der Waals surface area contributed by atoms with Crippen molar-refractivity contribution in [3.8, 4) is 0 Å². The average molecular weight is 396 g/mol. The van der Waals surface area contributed by atoms with E-state index in [0.29, 0.717) is 12.8 Å². The first-order valence-corrected chi connectivity index (χ1v) is 9.92. The number of allylic oxidation sites excluding steroid dienone is 2. The van der Waals surface area contributed by atoms with E-state index in [2.05, 4.69) is 18.2 Å². The molecule has 6 heteroatoms. The quantitative estimate of drug-likeness (QED) is 0.388. The molecule has 1 aliphatic rings. The van der Waals surface area contributed by atoms with Gasteiger partial charge in [-0.3, -0.25) is 0 Å². The molecule has 1 saturated heterocycles. The molecule has 1 aromatic carbocycles. The van der Waals surface area contributed by atoms with Crippen LogP contribution in [0.25, 0.3) is 5.57 Å². The minimum atomic E-state index is -4.11. The number of rotatable bonds is 6. The number of benzene rings is 1. The van der Waals surface area contributed by atoms with Crippen molar-refractivity contribution in [1.82, 2.24) is 0 Å². The van der Waals surface area contributed by atoms with Crippen LogP contribution < -0.4 is 0 Å². The van der Waals surface area contributed by atoms with Gasteiger partial charge in [-0.1, -0.05) is 29.3 Å². The average Bonchev–Trinajstić information content (AvgIpc) is 2.72. The van der Waals surface area contributed by atoms with Crippen LogP contribution in [0.4, 0.5) is 13.2 Å². The fraction of sp³-hybridized carbons (Fsp3) is 0.636. The lowest BCUT2D eigenvalue weighted by molar-refractivity contribution is -0.135. The fourth-order valence-corrected chi connectivity index (χ4v) is 3.48. The highest BCUT2D eigenvalue weighted by molar-refractivity contribution is 6.56. The van der Waals surface area contributed by atoms with Crippen LogP contribution >= 0.6 is 0 Å². The van der Waals surface area contributed by atoms with Crippen molar-refractivity contribution in [3.05, 3.63) is 40.4 Å². The van der Waals surface area contributed by atoms with E-state index < -0.39 is 30.9 Å². The molecule has 0 bridgehead atoms. The lowest BCUT2D eigenvalue weighted by Gasteiger charge is -2.32. The number of halogens is 3. The van der Waals surface area contributed by atoms with Gasteiger partial charge in [-0.2, -0.15) is 13.2 Å². The Bertz CT molecular complexity index is 700. The molecule has 1 fully saturated rings. The van der Waals surface area contributed by atoms with Gasteiger partial charge in [0.05, 0.1) is 11.2 Å². The summed E-state index contributed by atoms with van der Waals surface area (Å²) in [7, 11) is -0.545. The molecule has 0 aliphatic carbocycles. The van der Waals surface area contributed by atoms with Gasteiger partial charge in [-0.05, 0) is 84.3 Å². The second kappa shape index (κ2) is 8.23. The molecular formula is C22H32BF3O2. The molecule has 28 heavy (non-hydrogen) atoms. The van der Waals surface area contributed by atoms with E-state index >= 15 is 0 Å². The van der Waals surface area contributed by atoms with Gasteiger partial charge in [0.2, 0.25) is 0 Å². The maximum absolute atomic E-state index is 12.5. The number of unbranched alkanes of at least 4 members (excludes halogenated alkanes) is 1. The Balaban J connectivity index is 2.33. The molecule has 1 aromatic rings. The normalized spacial score (nSPS) is 19.7. The van der Waals surface area contributed by atoms with Crippen LogP contribution in [0.2, 0.25) is 0 Å². The number of hydrogen-bond donors (Lipinski definition) is 0. The smallest absolute Gasteiger partial charge is 0.400 e. The van der Waals surface area contributed by atoms with E-state index in [-0.39, 0.29) is 6.42 Å². The van der Waals surface area contributed by atoms with Crippen molar-refractivity contribution in [1.29, 1.82) is 0 Å². The molecular weight excluding hydrogens is 364 g/mol. The summed E-state index contributed by atoms with van der Waals surface area (Å²) in [6.07, 6.45) is -3.80. The summed E-state index contributed by atoms with van der Waals surface area (Å²) in [5.74, 6) is 0. The molecule has 2 rings (SSSR count). The van der Waals surface area contributed by atoms with Crippen molar-refractivity contribution >= 4 is 12.7 Å². The highest BCUT2D eigenvalue weighted by Gasteiger charge is 2.52. The lowest BCUT2D eigenvalue weighted by atomic mass is 9.71. The van der Waals surface area contributed by atoms with Crippen molar-refractivity contribution in [2.24, 2.45) is 0 Å². The van der Waals surface area contributed by atoms with Gasteiger partial charge in [0.15, 0.2) is 0 Å². The summed E-state index contributed by atoms with van der Waals surface area (Å²) in [5.41, 5.74) is 4.36. The topological polar surface area (TPSA) is 18.5 Å². The molecule has 0 amide bonds. The maximum Gasteiger partial charge on any atom is 0.490 e. The predicted molar refractivity (Wildman–Crippen MR) is 109 cm³/mol. The summed E-state index contributed by atoms with van der Waals surface area (Å²) < 4.78 is 50.1. The van der Waals surface area contributed by atoms with Crippen LogP contribution in [-0.4, -0.2) is 24.5 Å². The second-order valence-electron chi connectivity index (χ2n) is 8.94. The number of hydrogen-bond acceptors (Lipinski definition) is 2. The zero-order valence-electron chi connectivity index (χ0n) is 18.1. The first-order valence-electron chi connectivity index (χ1n) is 9.92. The third kappa shape index (κ3) is 5.63. The van der Waals surface area contributed by atoms with E-state index in [1.807, 2.05) is 48.5 Å². The minimum absolute atomic E-state index is 0.104. The molecule has 0 saturated carbocycles. The van der Waals surface area contributed by atoms with E-state index in [9.17, 15) is 13.2 Å². The number of aryl methyl sites for hydroxylation is 2. The van der Waals surface area contributed by atoms with E-state index in [4.69, 9.17) is 9.31 Å². The molecule has 1 heterocycles. The van der Waals surface area contributed by atoms with Gasteiger partial charge >= 0.3 is 13.3 Å². The molecule has 1 aliphatic heterocycles. The molecule has 2 nitrogen and oxygen atoms in total. The van der Waals surface area contributed by atoms with Crippen LogP contribution in [-0.2, 0) is 9.31 Å². The van der Waals surface area contributed by atoms with Gasteiger partial charge in [-0.25, -0.2) is 0 Å². The van der Waals surface area contributed by atoms with Gasteiger partial charge in [0.1, 0.15) is 0 Å². The molecule has 0 radical (unpaired) electrons.